The SMILES string of the molecule is c1ccc2c(-c3ccc4c(c3)sc3ccccc34)nc(-n3c4ccccc4c4c5c6ccccc6c6ccccc6c5c5c6ccccc6oc5c43)nc2c1. The van der Waals surface area contributed by atoms with E-state index >= 15 is 0 Å². The van der Waals surface area contributed by atoms with Gasteiger partial charge in [-0.25, -0.2) is 9.97 Å². The first kappa shape index (κ1) is 29.4. The number of hydrogen-bond donors (Lipinski definition) is 0. The molecule has 5 heteroatoms. The molecule has 55 heavy (non-hydrogen) atoms. The summed E-state index contributed by atoms with van der Waals surface area (Å²) in [6, 6.07) is 58.5. The zero-order chi connectivity index (χ0) is 35.8. The first-order valence-electron chi connectivity index (χ1n) is 18.6. The van der Waals surface area contributed by atoms with E-state index in [4.69, 9.17) is 14.4 Å². The molecule has 0 aliphatic rings. The Hall–Kier alpha value is -7.08. The van der Waals surface area contributed by atoms with Gasteiger partial charge in [0.15, 0.2) is 5.58 Å². The highest BCUT2D eigenvalue weighted by atomic mass is 32.1. The van der Waals surface area contributed by atoms with Gasteiger partial charge in [0.1, 0.15) is 11.1 Å². The van der Waals surface area contributed by atoms with Crippen molar-refractivity contribution in [2.75, 3.05) is 0 Å². The van der Waals surface area contributed by atoms with Crippen molar-refractivity contribution in [3.05, 3.63) is 164 Å². The molecule has 13 aromatic rings. The minimum Gasteiger partial charge on any atom is -0.454 e. The molecule has 0 bridgehead atoms. The molecule has 0 atom stereocenters. The first-order valence-corrected chi connectivity index (χ1v) is 19.4. The van der Waals surface area contributed by atoms with Crippen LogP contribution in [0.4, 0.5) is 0 Å². The molecule has 0 aliphatic carbocycles. The Morgan fingerprint density at radius 2 is 1.04 bits per heavy atom. The predicted octanol–water partition coefficient (Wildman–Crippen LogP) is 14.1. The van der Waals surface area contributed by atoms with E-state index in [2.05, 4.69) is 168 Å². The molecule has 9 aromatic carbocycles. The third kappa shape index (κ3) is 3.89. The number of aromatic nitrogens is 3. The van der Waals surface area contributed by atoms with Gasteiger partial charge in [-0.1, -0.05) is 133 Å². The fourth-order valence-corrected chi connectivity index (χ4v) is 10.4. The summed E-state index contributed by atoms with van der Waals surface area (Å²) < 4.78 is 11.8. The standard InChI is InChI=1S/C50H27N3OS/c1-3-16-33-29(13-1)30-14-2-4-17-34(30)44-43(33)45-36-19-6-10-22-39(36)53(48(45)49-46(44)37-20-7-11-23-40(37)54-49)50-51-38-21-9-5-18-35(38)47(52-50)28-25-26-32-31-15-8-12-24-41(31)55-42(32)27-28/h1-27H. The summed E-state index contributed by atoms with van der Waals surface area (Å²) in [4.78, 5) is 10.9. The van der Waals surface area contributed by atoms with Gasteiger partial charge in [0.05, 0.1) is 16.7 Å². The fraction of sp³-hybridized carbons (Fsp3) is 0. The molecule has 4 nitrogen and oxygen atoms in total. The van der Waals surface area contributed by atoms with E-state index in [9.17, 15) is 0 Å². The van der Waals surface area contributed by atoms with Crippen LogP contribution in [0.2, 0.25) is 0 Å². The van der Waals surface area contributed by atoms with Crippen molar-refractivity contribution in [3.63, 3.8) is 0 Å². The molecule has 0 fully saturated rings. The minimum atomic E-state index is 0.613. The average molecular weight is 718 g/mol. The Bertz CT molecular complexity index is 3790. The van der Waals surface area contributed by atoms with Gasteiger partial charge in [0.2, 0.25) is 5.95 Å². The van der Waals surface area contributed by atoms with Crippen LogP contribution >= 0.6 is 11.3 Å². The summed E-state index contributed by atoms with van der Waals surface area (Å²) in [5, 5.41) is 15.4. The number of thiophene rings is 1. The summed E-state index contributed by atoms with van der Waals surface area (Å²) in [6.07, 6.45) is 0. The Kier molecular flexibility index (Phi) is 5.74. The second kappa shape index (κ2) is 10.8. The van der Waals surface area contributed by atoms with Gasteiger partial charge in [-0.2, -0.15) is 0 Å². The van der Waals surface area contributed by atoms with Crippen molar-refractivity contribution in [3.8, 4) is 17.2 Å². The summed E-state index contributed by atoms with van der Waals surface area (Å²) >= 11 is 1.83. The minimum absolute atomic E-state index is 0.613. The van der Waals surface area contributed by atoms with Gasteiger partial charge >= 0.3 is 0 Å². The van der Waals surface area contributed by atoms with Gasteiger partial charge in [-0.15, -0.1) is 11.3 Å². The highest BCUT2D eigenvalue weighted by Crippen LogP contribution is 2.50. The zero-order valence-electron chi connectivity index (χ0n) is 29.2. The second-order valence-electron chi connectivity index (χ2n) is 14.4. The van der Waals surface area contributed by atoms with Gasteiger partial charge in [-0.3, -0.25) is 4.57 Å². The molecular formula is C50H27N3OS. The van der Waals surface area contributed by atoms with Crippen molar-refractivity contribution < 1.29 is 4.42 Å². The topological polar surface area (TPSA) is 43.9 Å². The molecule has 4 heterocycles. The molecule has 0 radical (unpaired) electrons. The molecule has 0 aliphatic heterocycles. The average Bonchev–Trinajstić information content (AvgIpc) is 3.93. The van der Waals surface area contributed by atoms with Crippen LogP contribution in [0, 0.1) is 0 Å². The molecule has 0 N–H and O–H groups in total. The summed E-state index contributed by atoms with van der Waals surface area (Å²) in [5.41, 5.74) is 6.57. The summed E-state index contributed by atoms with van der Waals surface area (Å²) in [6.45, 7) is 0. The summed E-state index contributed by atoms with van der Waals surface area (Å²) in [5.74, 6) is 0.613. The Morgan fingerprint density at radius 3 is 1.84 bits per heavy atom. The summed E-state index contributed by atoms with van der Waals surface area (Å²) in [7, 11) is 0. The molecule has 254 valence electrons. The normalized spacial score (nSPS) is 12.4. The smallest absolute Gasteiger partial charge is 0.235 e. The Labute approximate surface area is 317 Å². The van der Waals surface area contributed by atoms with Gasteiger partial charge in [-0.05, 0) is 51.9 Å². The Balaban J connectivity index is 1.24. The van der Waals surface area contributed by atoms with Crippen molar-refractivity contribution in [2.45, 2.75) is 0 Å². The van der Waals surface area contributed by atoms with E-state index in [1.54, 1.807) is 0 Å². The lowest BCUT2D eigenvalue weighted by atomic mass is 9.89. The molecule has 13 rings (SSSR count). The van der Waals surface area contributed by atoms with Gasteiger partial charge in [0, 0.05) is 63.4 Å². The van der Waals surface area contributed by atoms with Crippen LogP contribution in [-0.2, 0) is 0 Å². The van der Waals surface area contributed by atoms with E-state index in [0.29, 0.717) is 5.95 Å². The lowest BCUT2D eigenvalue weighted by molar-refractivity contribution is 0.671. The van der Waals surface area contributed by atoms with E-state index in [1.165, 1.54) is 52.5 Å². The maximum absolute atomic E-state index is 7.03. The van der Waals surface area contributed by atoms with Crippen LogP contribution < -0.4 is 0 Å². The van der Waals surface area contributed by atoms with Crippen LogP contribution in [0.3, 0.4) is 0 Å². The lowest BCUT2D eigenvalue weighted by Crippen LogP contribution is -2.03. The van der Waals surface area contributed by atoms with Crippen LogP contribution in [0.1, 0.15) is 0 Å². The molecule has 0 amide bonds. The molecule has 0 saturated heterocycles. The second-order valence-corrected chi connectivity index (χ2v) is 15.5. The predicted molar refractivity (Wildman–Crippen MR) is 232 cm³/mol. The third-order valence-electron chi connectivity index (χ3n) is 11.6. The van der Waals surface area contributed by atoms with Crippen LogP contribution in [-0.4, -0.2) is 14.5 Å². The highest BCUT2D eigenvalue weighted by Gasteiger charge is 2.27. The van der Waals surface area contributed by atoms with Crippen molar-refractivity contribution in [2.24, 2.45) is 0 Å². The lowest BCUT2D eigenvalue weighted by Gasteiger charge is -2.14. The number of hydrogen-bond acceptors (Lipinski definition) is 4. The third-order valence-corrected chi connectivity index (χ3v) is 12.7. The number of benzene rings is 9. The van der Waals surface area contributed by atoms with Crippen molar-refractivity contribution in [1.29, 1.82) is 0 Å². The number of fused-ring (bicyclic) bond motifs is 19. The van der Waals surface area contributed by atoms with Crippen LogP contribution in [0.5, 0.6) is 0 Å². The van der Waals surface area contributed by atoms with Gasteiger partial charge in [0.25, 0.3) is 0 Å². The van der Waals surface area contributed by atoms with Crippen molar-refractivity contribution in [1.82, 2.24) is 14.5 Å². The highest BCUT2D eigenvalue weighted by molar-refractivity contribution is 7.25. The molecule has 0 saturated carbocycles. The largest absolute Gasteiger partial charge is 0.454 e. The molecular weight excluding hydrogens is 691 g/mol. The zero-order valence-corrected chi connectivity index (χ0v) is 30.1. The van der Waals surface area contributed by atoms with Crippen molar-refractivity contribution >= 4 is 118 Å². The molecule has 4 aromatic heterocycles. The maximum atomic E-state index is 7.03. The fourth-order valence-electron chi connectivity index (χ4n) is 9.29. The van der Waals surface area contributed by atoms with E-state index in [-0.39, 0.29) is 0 Å². The van der Waals surface area contributed by atoms with Gasteiger partial charge < -0.3 is 4.42 Å². The maximum Gasteiger partial charge on any atom is 0.235 e. The van der Waals surface area contributed by atoms with Crippen LogP contribution in [0.15, 0.2) is 168 Å². The first-order chi connectivity index (χ1) is 27.3. The molecule has 0 unspecified atom stereocenters. The van der Waals surface area contributed by atoms with Crippen LogP contribution in [0.25, 0.3) is 124 Å². The number of nitrogens with zero attached hydrogens (tertiary/aromatic N) is 3. The van der Waals surface area contributed by atoms with E-state index < -0.39 is 0 Å². The number of para-hydroxylation sites is 3. The quantitative estimate of drug-likeness (QED) is 0.167. The number of furan rings is 1. The molecule has 0 spiro atoms. The Morgan fingerprint density at radius 1 is 0.436 bits per heavy atom. The van der Waals surface area contributed by atoms with E-state index in [1.807, 2.05) is 11.3 Å². The van der Waals surface area contributed by atoms with E-state index in [0.717, 1.165) is 65.9 Å². The monoisotopic (exact) mass is 717 g/mol. The number of rotatable bonds is 2.